The summed E-state index contributed by atoms with van der Waals surface area (Å²) in [6.45, 7) is 7.87. The lowest BCUT2D eigenvalue weighted by Crippen LogP contribution is -2.17. The minimum atomic E-state index is -0.362. The van der Waals surface area contributed by atoms with E-state index in [2.05, 4.69) is 22.2 Å². The van der Waals surface area contributed by atoms with Crippen molar-refractivity contribution in [2.75, 3.05) is 13.1 Å². The van der Waals surface area contributed by atoms with Crippen LogP contribution in [-0.2, 0) is 6.42 Å². The Morgan fingerprint density at radius 2 is 1.86 bits per heavy atom. The van der Waals surface area contributed by atoms with Gasteiger partial charge in [-0.1, -0.05) is 18.5 Å². The SMILES string of the molecule is CCNCCc1c(C)nc(-c2ccc(F)cc2Cl)nc1C. The first-order valence-electron chi connectivity index (χ1n) is 7.03. The summed E-state index contributed by atoms with van der Waals surface area (Å²) in [7, 11) is 0. The van der Waals surface area contributed by atoms with E-state index in [1.165, 1.54) is 12.1 Å². The number of benzene rings is 1. The van der Waals surface area contributed by atoms with Crippen molar-refractivity contribution in [2.24, 2.45) is 0 Å². The average molecular weight is 308 g/mol. The van der Waals surface area contributed by atoms with Crippen molar-refractivity contribution >= 4 is 11.6 Å². The lowest BCUT2D eigenvalue weighted by molar-refractivity contribution is 0.628. The predicted octanol–water partition coefficient (Wildman–Crippen LogP) is 3.70. The maximum Gasteiger partial charge on any atom is 0.161 e. The summed E-state index contributed by atoms with van der Waals surface area (Å²) in [5.74, 6) is 0.182. The topological polar surface area (TPSA) is 37.8 Å². The van der Waals surface area contributed by atoms with Crippen molar-refractivity contribution < 1.29 is 4.39 Å². The Morgan fingerprint density at radius 1 is 1.19 bits per heavy atom. The number of likely N-dealkylation sites (N-methyl/N-ethyl adjacent to an activating group) is 1. The number of halogens is 2. The first-order valence-corrected chi connectivity index (χ1v) is 7.41. The monoisotopic (exact) mass is 307 g/mol. The van der Waals surface area contributed by atoms with Crippen LogP contribution in [0.25, 0.3) is 11.4 Å². The van der Waals surface area contributed by atoms with Crippen LogP contribution in [0.5, 0.6) is 0 Å². The highest BCUT2D eigenvalue weighted by Crippen LogP contribution is 2.27. The van der Waals surface area contributed by atoms with Gasteiger partial charge < -0.3 is 5.32 Å². The van der Waals surface area contributed by atoms with E-state index >= 15 is 0 Å². The lowest BCUT2D eigenvalue weighted by atomic mass is 10.1. The maximum atomic E-state index is 13.1. The van der Waals surface area contributed by atoms with Gasteiger partial charge in [-0.2, -0.15) is 0 Å². The molecule has 112 valence electrons. The van der Waals surface area contributed by atoms with Crippen molar-refractivity contribution in [2.45, 2.75) is 27.2 Å². The van der Waals surface area contributed by atoms with E-state index in [1.54, 1.807) is 6.07 Å². The second kappa shape index (κ2) is 6.96. The molecule has 0 spiro atoms. The standard InChI is InChI=1S/C16H19ClFN3/c1-4-19-8-7-13-10(2)20-16(21-11(13)3)14-6-5-12(18)9-15(14)17/h5-6,9,19H,4,7-8H2,1-3H3. The molecular formula is C16H19ClFN3. The summed E-state index contributed by atoms with van der Waals surface area (Å²) < 4.78 is 13.1. The zero-order valence-electron chi connectivity index (χ0n) is 12.5. The molecule has 0 unspecified atom stereocenters. The van der Waals surface area contributed by atoms with Gasteiger partial charge in [0.05, 0.1) is 5.02 Å². The lowest BCUT2D eigenvalue weighted by Gasteiger charge is -2.12. The number of rotatable bonds is 5. The number of aryl methyl sites for hydroxylation is 2. The molecule has 1 N–H and O–H groups in total. The molecule has 0 amide bonds. The van der Waals surface area contributed by atoms with Gasteiger partial charge in [-0.25, -0.2) is 14.4 Å². The minimum Gasteiger partial charge on any atom is -0.317 e. The second-order valence-corrected chi connectivity index (χ2v) is 5.33. The Kier molecular flexibility index (Phi) is 5.26. The van der Waals surface area contributed by atoms with Gasteiger partial charge in [-0.15, -0.1) is 0 Å². The van der Waals surface area contributed by atoms with Gasteiger partial charge in [-0.05, 0) is 57.1 Å². The number of aromatic nitrogens is 2. The fraction of sp³-hybridized carbons (Fsp3) is 0.375. The molecule has 1 heterocycles. The fourth-order valence-electron chi connectivity index (χ4n) is 2.28. The summed E-state index contributed by atoms with van der Waals surface area (Å²) >= 11 is 6.08. The van der Waals surface area contributed by atoms with Crippen LogP contribution in [0.1, 0.15) is 23.9 Å². The first kappa shape index (κ1) is 15.9. The van der Waals surface area contributed by atoms with Crippen LogP contribution in [0.3, 0.4) is 0 Å². The van der Waals surface area contributed by atoms with Crippen molar-refractivity contribution in [1.29, 1.82) is 0 Å². The van der Waals surface area contributed by atoms with E-state index in [9.17, 15) is 4.39 Å². The third-order valence-electron chi connectivity index (χ3n) is 3.39. The highest BCUT2D eigenvalue weighted by Gasteiger charge is 2.12. The summed E-state index contributed by atoms with van der Waals surface area (Å²) in [5.41, 5.74) is 3.69. The van der Waals surface area contributed by atoms with Crippen LogP contribution in [0, 0.1) is 19.7 Å². The first-order chi connectivity index (χ1) is 10.0. The molecule has 1 aromatic heterocycles. The summed E-state index contributed by atoms with van der Waals surface area (Å²) in [6.07, 6.45) is 0.892. The van der Waals surface area contributed by atoms with Crippen molar-refractivity contribution in [1.82, 2.24) is 15.3 Å². The molecule has 0 saturated heterocycles. The Morgan fingerprint density at radius 3 is 2.43 bits per heavy atom. The van der Waals surface area contributed by atoms with Crippen LogP contribution in [0.4, 0.5) is 4.39 Å². The van der Waals surface area contributed by atoms with E-state index in [-0.39, 0.29) is 5.82 Å². The molecule has 1 aromatic carbocycles. The van der Waals surface area contributed by atoms with Crippen LogP contribution < -0.4 is 5.32 Å². The van der Waals surface area contributed by atoms with Crippen molar-refractivity contribution in [3.63, 3.8) is 0 Å². The van der Waals surface area contributed by atoms with Gasteiger partial charge >= 0.3 is 0 Å². The van der Waals surface area contributed by atoms with Gasteiger partial charge in [0.15, 0.2) is 5.82 Å². The van der Waals surface area contributed by atoms with Gasteiger partial charge in [0.1, 0.15) is 5.82 Å². The maximum absolute atomic E-state index is 13.1. The number of nitrogens with one attached hydrogen (secondary N) is 1. The van der Waals surface area contributed by atoms with E-state index in [0.29, 0.717) is 16.4 Å². The third kappa shape index (κ3) is 3.77. The van der Waals surface area contributed by atoms with E-state index in [0.717, 1.165) is 36.5 Å². The number of hydrogen-bond donors (Lipinski definition) is 1. The normalized spacial score (nSPS) is 10.9. The summed E-state index contributed by atoms with van der Waals surface area (Å²) in [5, 5.41) is 3.62. The predicted molar refractivity (Wildman–Crippen MR) is 84.2 cm³/mol. The largest absolute Gasteiger partial charge is 0.317 e. The molecule has 0 bridgehead atoms. The molecule has 21 heavy (non-hydrogen) atoms. The third-order valence-corrected chi connectivity index (χ3v) is 3.71. The molecule has 0 saturated carbocycles. The minimum absolute atomic E-state index is 0.328. The number of nitrogens with zero attached hydrogens (tertiary/aromatic N) is 2. The molecular weight excluding hydrogens is 289 g/mol. The van der Waals surface area contributed by atoms with E-state index in [4.69, 9.17) is 11.6 Å². The quantitative estimate of drug-likeness (QED) is 0.856. The van der Waals surface area contributed by atoms with Gasteiger partial charge in [0.25, 0.3) is 0 Å². The highest BCUT2D eigenvalue weighted by molar-refractivity contribution is 6.33. The average Bonchev–Trinajstić information content (AvgIpc) is 2.41. The molecule has 0 atom stereocenters. The Labute approximate surface area is 129 Å². The zero-order chi connectivity index (χ0) is 15.4. The Bertz CT molecular complexity index is 620. The zero-order valence-corrected chi connectivity index (χ0v) is 13.3. The van der Waals surface area contributed by atoms with Crippen LogP contribution in [-0.4, -0.2) is 23.1 Å². The molecule has 0 fully saturated rings. The highest BCUT2D eigenvalue weighted by atomic mass is 35.5. The molecule has 5 heteroatoms. The van der Waals surface area contributed by atoms with Gasteiger partial charge in [-0.3, -0.25) is 0 Å². The molecule has 2 rings (SSSR count). The summed E-state index contributed by atoms with van der Waals surface area (Å²) in [6, 6.07) is 4.27. The van der Waals surface area contributed by atoms with E-state index < -0.39 is 0 Å². The fourth-order valence-corrected chi connectivity index (χ4v) is 2.53. The Hall–Kier alpha value is -1.52. The van der Waals surface area contributed by atoms with Crippen LogP contribution in [0.15, 0.2) is 18.2 Å². The molecule has 0 aliphatic rings. The van der Waals surface area contributed by atoms with Crippen LogP contribution >= 0.6 is 11.6 Å². The molecule has 3 nitrogen and oxygen atoms in total. The van der Waals surface area contributed by atoms with Gasteiger partial charge in [0, 0.05) is 17.0 Å². The van der Waals surface area contributed by atoms with Crippen molar-refractivity contribution in [3.8, 4) is 11.4 Å². The van der Waals surface area contributed by atoms with Gasteiger partial charge in [0.2, 0.25) is 0 Å². The van der Waals surface area contributed by atoms with Crippen LogP contribution in [0.2, 0.25) is 5.02 Å². The smallest absolute Gasteiger partial charge is 0.161 e. The Balaban J connectivity index is 2.35. The molecule has 0 aliphatic carbocycles. The second-order valence-electron chi connectivity index (χ2n) is 4.92. The molecule has 0 radical (unpaired) electrons. The van der Waals surface area contributed by atoms with E-state index in [1.807, 2.05) is 13.8 Å². The van der Waals surface area contributed by atoms with Crippen molar-refractivity contribution in [3.05, 3.63) is 46.0 Å². The number of hydrogen-bond acceptors (Lipinski definition) is 3. The molecule has 2 aromatic rings. The summed E-state index contributed by atoms with van der Waals surface area (Å²) in [4.78, 5) is 9.06. The molecule has 0 aliphatic heterocycles.